The van der Waals surface area contributed by atoms with Crippen LogP contribution in [0.4, 0.5) is 0 Å². The molecule has 0 saturated heterocycles. The molecule has 162 valence electrons. The van der Waals surface area contributed by atoms with E-state index in [1.807, 2.05) is 13.0 Å². The molecule has 5 rings (SSSR count). The first-order chi connectivity index (χ1) is 14.3. The molecule has 4 fully saturated rings. The van der Waals surface area contributed by atoms with Gasteiger partial charge in [-0.15, -0.1) is 0 Å². The van der Waals surface area contributed by atoms with Gasteiger partial charge in [-0.3, -0.25) is 9.48 Å². The van der Waals surface area contributed by atoms with Crippen LogP contribution in [0.15, 0.2) is 12.3 Å². The number of Topliss-reactive ketones (excluding diaryl/α,β-unsaturated/α-hetero) is 1. The zero-order valence-corrected chi connectivity index (χ0v) is 18.4. The summed E-state index contributed by atoms with van der Waals surface area (Å²) in [6.07, 6.45) is 12.0. The minimum atomic E-state index is -0.458. The third-order valence-corrected chi connectivity index (χ3v) is 9.70. The van der Waals surface area contributed by atoms with Gasteiger partial charge in [0, 0.05) is 12.1 Å². The SMILES string of the molecule is CC1(O)CCC2C(CCC3C2CCC2(C)C(C(=O)Cn4ccc(C#N)n4)CCC32)C1. The van der Waals surface area contributed by atoms with Gasteiger partial charge in [-0.05, 0) is 106 Å². The van der Waals surface area contributed by atoms with E-state index in [2.05, 4.69) is 12.0 Å². The highest BCUT2D eigenvalue weighted by atomic mass is 16.3. The third-order valence-electron chi connectivity index (χ3n) is 9.70. The van der Waals surface area contributed by atoms with Crippen molar-refractivity contribution in [3.8, 4) is 6.07 Å². The maximum Gasteiger partial charge on any atom is 0.162 e. The summed E-state index contributed by atoms with van der Waals surface area (Å²) >= 11 is 0. The number of rotatable bonds is 3. The molecule has 0 bridgehead atoms. The lowest BCUT2D eigenvalue weighted by Gasteiger charge is -2.56. The first-order valence-corrected chi connectivity index (χ1v) is 12.0. The van der Waals surface area contributed by atoms with Crippen LogP contribution in [0.5, 0.6) is 0 Å². The van der Waals surface area contributed by atoms with E-state index in [1.165, 1.54) is 32.1 Å². The van der Waals surface area contributed by atoms with E-state index in [0.29, 0.717) is 29.9 Å². The van der Waals surface area contributed by atoms with Crippen molar-refractivity contribution < 1.29 is 9.90 Å². The van der Waals surface area contributed by atoms with Crippen molar-refractivity contribution >= 4 is 5.78 Å². The molecule has 1 aromatic rings. The van der Waals surface area contributed by atoms with E-state index in [0.717, 1.165) is 43.4 Å². The van der Waals surface area contributed by atoms with Gasteiger partial charge in [0.05, 0.1) is 12.1 Å². The van der Waals surface area contributed by atoms with Gasteiger partial charge in [0.25, 0.3) is 0 Å². The molecule has 5 nitrogen and oxygen atoms in total. The van der Waals surface area contributed by atoms with Crippen LogP contribution in [0, 0.1) is 52.3 Å². The molecule has 1 aromatic heterocycles. The van der Waals surface area contributed by atoms with Gasteiger partial charge >= 0.3 is 0 Å². The molecular weight excluding hydrogens is 374 g/mol. The minimum Gasteiger partial charge on any atom is -0.390 e. The van der Waals surface area contributed by atoms with Crippen LogP contribution in [0.2, 0.25) is 0 Å². The van der Waals surface area contributed by atoms with E-state index in [9.17, 15) is 9.90 Å². The lowest BCUT2D eigenvalue weighted by atomic mass is 9.49. The second-order valence-corrected chi connectivity index (χ2v) is 11.3. The Morgan fingerprint density at radius 2 is 1.97 bits per heavy atom. The maximum atomic E-state index is 13.3. The second kappa shape index (κ2) is 7.19. The Kier molecular flexibility index (Phi) is 4.85. The van der Waals surface area contributed by atoms with E-state index in [4.69, 9.17) is 5.26 Å². The van der Waals surface area contributed by atoms with Crippen molar-refractivity contribution in [3.05, 3.63) is 18.0 Å². The molecule has 0 aliphatic heterocycles. The fraction of sp³-hybridized carbons (Fsp3) is 0.800. The number of aromatic nitrogens is 2. The summed E-state index contributed by atoms with van der Waals surface area (Å²) in [6.45, 7) is 4.72. The molecular formula is C25H35N3O2. The number of carbonyl (C=O) groups excluding carboxylic acids is 1. The maximum absolute atomic E-state index is 13.3. The molecule has 1 heterocycles. The molecule has 0 amide bonds. The van der Waals surface area contributed by atoms with Crippen LogP contribution >= 0.6 is 0 Å². The average molecular weight is 410 g/mol. The fourth-order valence-electron chi connectivity index (χ4n) is 8.39. The Balaban J connectivity index is 1.30. The van der Waals surface area contributed by atoms with E-state index < -0.39 is 5.60 Å². The zero-order valence-electron chi connectivity index (χ0n) is 18.4. The first kappa shape index (κ1) is 20.2. The number of ketones is 1. The molecule has 5 heteroatoms. The number of aliphatic hydroxyl groups is 1. The number of hydrogen-bond donors (Lipinski definition) is 1. The van der Waals surface area contributed by atoms with E-state index >= 15 is 0 Å². The van der Waals surface area contributed by atoms with Crippen LogP contribution in [0.3, 0.4) is 0 Å². The predicted octanol–water partition coefficient (Wildman–Crippen LogP) is 4.34. The van der Waals surface area contributed by atoms with Gasteiger partial charge in [-0.2, -0.15) is 10.4 Å². The molecule has 0 aromatic carbocycles. The lowest BCUT2D eigenvalue weighted by molar-refractivity contribution is -0.133. The minimum absolute atomic E-state index is 0.121. The number of fused-ring (bicyclic) bond motifs is 5. The topological polar surface area (TPSA) is 78.9 Å². The third kappa shape index (κ3) is 3.23. The first-order valence-electron chi connectivity index (χ1n) is 12.0. The van der Waals surface area contributed by atoms with Crippen LogP contribution in [-0.4, -0.2) is 26.3 Å². The van der Waals surface area contributed by atoms with Crippen LogP contribution in [0.25, 0.3) is 0 Å². The van der Waals surface area contributed by atoms with Crippen LogP contribution in [-0.2, 0) is 11.3 Å². The van der Waals surface area contributed by atoms with Crippen molar-refractivity contribution in [1.82, 2.24) is 9.78 Å². The number of carbonyl (C=O) groups is 1. The highest BCUT2D eigenvalue weighted by Crippen LogP contribution is 2.64. The Hall–Kier alpha value is -1.67. The van der Waals surface area contributed by atoms with Gasteiger partial charge in [0.1, 0.15) is 6.07 Å². The molecule has 0 radical (unpaired) electrons. The Labute approximate surface area is 179 Å². The van der Waals surface area contributed by atoms with Crippen LogP contribution < -0.4 is 0 Å². The van der Waals surface area contributed by atoms with Gasteiger partial charge in [-0.1, -0.05) is 6.92 Å². The summed E-state index contributed by atoms with van der Waals surface area (Å²) in [7, 11) is 0. The quantitative estimate of drug-likeness (QED) is 0.805. The molecule has 4 aliphatic rings. The van der Waals surface area contributed by atoms with Crippen LogP contribution in [0.1, 0.15) is 77.3 Å². The van der Waals surface area contributed by atoms with E-state index in [1.54, 1.807) is 16.9 Å². The Morgan fingerprint density at radius 3 is 2.73 bits per heavy atom. The lowest BCUT2D eigenvalue weighted by Crippen LogP contribution is -2.51. The monoisotopic (exact) mass is 409 g/mol. The highest BCUT2D eigenvalue weighted by Gasteiger charge is 2.58. The fourth-order valence-corrected chi connectivity index (χ4v) is 8.39. The standard InChI is InChI=1S/C25H35N3O2/c1-24(30)10-7-18-16(13-24)3-4-20-19(18)8-11-25(2)21(20)5-6-22(25)23(29)15-28-12-9-17(14-26)27-28/h9,12,16,18-22,30H,3-8,10-11,13,15H2,1-2H3. The summed E-state index contributed by atoms with van der Waals surface area (Å²) in [5.41, 5.74) is 0.0400. The summed E-state index contributed by atoms with van der Waals surface area (Å²) in [4.78, 5) is 13.3. The van der Waals surface area contributed by atoms with E-state index in [-0.39, 0.29) is 11.3 Å². The van der Waals surface area contributed by atoms with Crippen molar-refractivity contribution in [2.75, 3.05) is 0 Å². The zero-order chi connectivity index (χ0) is 21.1. The second-order valence-electron chi connectivity index (χ2n) is 11.3. The summed E-state index contributed by atoms with van der Waals surface area (Å²) in [5.74, 6) is 4.15. The average Bonchev–Trinajstić information content (AvgIpc) is 3.30. The Morgan fingerprint density at radius 1 is 1.17 bits per heavy atom. The largest absolute Gasteiger partial charge is 0.390 e. The molecule has 4 saturated carbocycles. The van der Waals surface area contributed by atoms with Gasteiger partial charge in [0.15, 0.2) is 11.5 Å². The number of hydrogen-bond acceptors (Lipinski definition) is 4. The molecule has 1 N–H and O–H groups in total. The highest BCUT2D eigenvalue weighted by molar-refractivity contribution is 5.82. The van der Waals surface area contributed by atoms with Crippen molar-refractivity contribution in [2.24, 2.45) is 40.9 Å². The molecule has 0 spiro atoms. The van der Waals surface area contributed by atoms with Gasteiger partial charge in [0.2, 0.25) is 0 Å². The van der Waals surface area contributed by atoms with Crippen molar-refractivity contribution in [1.29, 1.82) is 5.26 Å². The number of nitriles is 1. The molecule has 8 atom stereocenters. The normalized spacial score (nSPS) is 45.1. The summed E-state index contributed by atoms with van der Waals surface area (Å²) in [5, 5.41) is 23.8. The van der Waals surface area contributed by atoms with Gasteiger partial charge < -0.3 is 5.11 Å². The van der Waals surface area contributed by atoms with Crippen molar-refractivity contribution in [2.45, 2.75) is 83.8 Å². The molecule has 8 unspecified atom stereocenters. The predicted molar refractivity (Wildman–Crippen MR) is 113 cm³/mol. The molecule has 30 heavy (non-hydrogen) atoms. The van der Waals surface area contributed by atoms with Crippen molar-refractivity contribution in [3.63, 3.8) is 0 Å². The van der Waals surface area contributed by atoms with Gasteiger partial charge in [-0.25, -0.2) is 0 Å². The Bertz CT molecular complexity index is 868. The summed E-state index contributed by atoms with van der Waals surface area (Å²) in [6, 6.07) is 3.72. The number of nitrogens with zero attached hydrogens (tertiary/aromatic N) is 3. The summed E-state index contributed by atoms with van der Waals surface area (Å²) < 4.78 is 1.64. The molecule has 4 aliphatic carbocycles. The smallest absolute Gasteiger partial charge is 0.162 e.